The Labute approximate surface area is 131 Å². The molecule has 2 rings (SSSR count). The van der Waals surface area contributed by atoms with Gasteiger partial charge >= 0.3 is 5.97 Å². The van der Waals surface area contributed by atoms with Gasteiger partial charge in [-0.1, -0.05) is 12.1 Å². The highest BCUT2D eigenvalue weighted by molar-refractivity contribution is 5.93. The number of hydrogen-bond donors (Lipinski definition) is 4. The average Bonchev–Trinajstić information content (AvgIpc) is 2.48. The van der Waals surface area contributed by atoms with Crippen molar-refractivity contribution in [3.63, 3.8) is 0 Å². The summed E-state index contributed by atoms with van der Waals surface area (Å²) in [5.74, 6) is -0.618. The highest BCUT2D eigenvalue weighted by Gasteiger charge is 2.10. The summed E-state index contributed by atoms with van der Waals surface area (Å²) in [5, 5.41) is 9.11. The molecule has 0 spiro atoms. The monoisotopic (exact) mass is 313 g/mol. The summed E-state index contributed by atoms with van der Waals surface area (Å²) in [6.45, 7) is 0. The first kappa shape index (κ1) is 15.8. The van der Waals surface area contributed by atoms with E-state index in [0.717, 1.165) is 0 Å². The maximum absolute atomic E-state index is 11.1. The van der Waals surface area contributed by atoms with Gasteiger partial charge < -0.3 is 27.0 Å². The van der Waals surface area contributed by atoms with E-state index >= 15 is 0 Å². The fourth-order valence-corrected chi connectivity index (χ4v) is 1.74. The van der Waals surface area contributed by atoms with Gasteiger partial charge in [0.05, 0.1) is 5.69 Å². The SMILES string of the molecule is NC(N)=NC(N)=Nc1ccc(Oc2ccccc2C(=O)O)cc1. The Morgan fingerprint density at radius 1 is 1.00 bits per heavy atom. The molecule has 2 aromatic rings. The number of benzene rings is 2. The molecule has 2 aromatic carbocycles. The van der Waals surface area contributed by atoms with Crippen molar-refractivity contribution in [2.75, 3.05) is 0 Å². The Bertz CT molecular complexity index is 765. The molecular weight excluding hydrogens is 298 g/mol. The fourth-order valence-electron chi connectivity index (χ4n) is 1.74. The van der Waals surface area contributed by atoms with Crippen LogP contribution in [-0.4, -0.2) is 23.0 Å². The zero-order chi connectivity index (χ0) is 16.8. The Balaban J connectivity index is 2.18. The van der Waals surface area contributed by atoms with Crippen molar-refractivity contribution in [2.24, 2.45) is 27.2 Å². The maximum atomic E-state index is 11.1. The number of rotatable bonds is 4. The minimum atomic E-state index is -1.06. The van der Waals surface area contributed by atoms with E-state index in [9.17, 15) is 4.79 Å². The molecule has 7 N–H and O–H groups in total. The van der Waals surface area contributed by atoms with E-state index in [1.165, 1.54) is 6.07 Å². The first-order chi connectivity index (χ1) is 11.0. The molecule has 0 aliphatic carbocycles. The second kappa shape index (κ2) is 6.94. The van der Waals surface area contributed by atoms with Gasteiger partial charge in [0.15, 0.2) is 5.96 Å². The molecule has 0 aliphatic rings. The van der Waals surface area contributed by atoms with Crippen molar-refractivity contribution in [2.45, 2.75) is 0 Å². The largest absolute Gasteiger partial charge is 0.478 e. The maximum Gasteiger partial charge on any atom is 0.339 e. The van der Waals surface area contributed by atoms with E-state index in [1.54, 1.807) is 42.5 Å². The zero-order valence-electron chi connectivity index (χ0n) is 12.0. The molecule has 0 amide bonds. The summed E-state index contributed by atoms with van der Waals surface area (Å²) in [6, 6.07) is 12.9. The van der Waals surface area contributed by atoms with E-state index in [2.05, 4.69) is 9.98 Å². The molecular formula is C15H15N5O3. The van der Waals surface area contributed by atoms with Crippen LogP contribution in [0.5, 0.6) is 11.5 Å². The molecule has 0 heterocycles. The highest BCUT2D eigenvalue weighted by atomic mass is 16.5. The number of nitrogens with two attached hydrogens (primary N) is 3. The van der Waals surface area contributed by atoms with Crippen molar-refractivity contribution in [3.05, 3.63) is 54.1 Å². The van der Waals surface area contributed by atoms with Crippen LogP contribution in [0.4, 0.5) is 5.69 Å². The number of carboxylic acid groups (broad SMARTS) is 1. The van der Waals surface area contributed by atoms with Gasteiger partial charge in [-0.15, -0.1) is 0 Å². The number of nitrogens with zero attached hydrogens (tertiary/aromatic N) is 2. The van der Waals surface area contributed by atoms with Crippen LogP contribution in [0.1, 0.15) is 10.4 Å². The standard InChI is InChI=1S/C15H15N5O3/c16-14(17)20-15(18)19-9-5-7-10(8-6-9)23-12-4-2-1-3-11(12)13(21)22/h1-8H,(H,21,22)(H6,16,17,18,19,20). The normalized spacial score (nSPS) is 10.9. The van der Waals surface area contributed by atoms with Crippen LogP contribution in [0.3, 0.4) is 0 Å². The lowest BCUT2D eigenvalue weighted by molar-refractivity contribution is 0.0694. The average molecular weight is 313 g/mol. The van der Waals surface area contributed by atoms with Crippen LogP contribution >= 0.6 is 0 Å². The van der Waals surface area contributed by atoms with E-state index < -0.39 is 5.97 Å². The Kier molecular flexibility index (Phi) is 4.78. The smallest absolute Gasteiger partial charge is 0.339 e. The quantitative estimate of drug-likeness (QED) is 0.495. The Morgan fingerprint density at radius 3 is 2.26 bits per heavy atom. The van der Waals surface area contributed by atoms with Gasteiger partial charge in [0.2, 0.25) is 5.96 Å². The van der Waals surface area contributed by atoms with Gasteiger partial charge in [0.1, 0.15) is 17.1 Å². The van der Waals surface area contributed by atoms with Crippen LogP contribution in [0.25, 0.3) is 0 Å². The molecule has 0 bridgehead atoms. The van der Waals surface area contributed by atoms with Gasteiger partial charge in [-0.05, 0) is 36.4 Å². The van der Waals surface area contributed by atoms with Crippen molar-refractivity contribution in [1.29, 1.82) is 0 Å². The molecule has 8 nitrogen and oxygen atoms in total. The first-order valence-corrected chi connectivity index (χ1v) is 6.50. The fraction of sp³-hybridized carbons (Fsp3) is 0. The number of carboxylic acids is 1. The van der Waals surface area contributed by atoms with Crippen molar-refractivity contribution in [3.8, 4) is 11.5 Å². The second-order valence-electron chi connectivity index (χ2n) is 4.40. The molecule has 0 aliphatic heterocycles. The summed E-state index contributed by atoms with van der Waals surface area (Å²) in [7, 11) is 0. The van der Waals surface area contributed by atoms with Gasteiger partial charge in [0.25, 0.3) is 0 Å². The molecule has 0 unspecified atom stereocenters. The number of hydrogen-bond acceptors (Lipinski definition) is 3. The number of ether oxygens (including phenoxy) is 1. The number of carbonyl (C=O) groups is 1. The predicted octanol–water partition coefficient (Wildman–Crippen LogP) is 1.40. The van der Waals surface area contributed by atoms with Crippen molar-refractivity contribution < 1.29 is 14.6 Å². The summed E-state index contributed by atoms with van der Waals surface area (Å²) in [5.41, 5.74) is 16.5. The van der Waals surface area contributed by atoms with Crippen LogP contribution in [0.15, 0.2) is 58.5 Å². The Morgan fingerprint density at radius 2 is 1.65 bits per heavy atom. The molecule has 0 atom stereocenters. The number of guanidine groups is 2. The van der Waals surface area contributed by atoms with Crippen LogP contribution in [-0.2, 0) is 0 Å². The molecule has 0 aromatic heterocycles. The summed E-state index contributed by atoms with van der Waals surface area (Å²) in [6.07, 6.45) is 0. The molecule has 0 radical (unpaired) electrons. The van der Waals surface area contributed by atoms with Gasteiger partial charge in [-0.25, -0.2) is 9.79 Å². The molecule has 8 heteroatoms. The minimum Gasteiger partial charge on any atom is -0.478 e. The van der Waals surface area contributed by atoms with Crippen LogP contribution in [0, 0.1) is 0 Å². The topological polar surface area (TPSA) is 149 Å². The number of para-hydroxylation sites is 1. The molecule has 0 saturated heterocycles. The van der Waals surface area contributed by atoms with Crippen LogP contribution < -0.4 is 21.9 Å². The summed E-state index contributed by atoms with van der Waals surface area (Å²) >= 11 is 0. The zero-order valence-corrected chi connectivity index (χ0v) is 12.0. The third-order valence-corrected chi connectivity index (χ3v) is 2.67. The molecule has 0 fully saturated rings. The summed E-state index contributed by atoms with van der Waals surface area (Å²) < 4.78 is 5.57. The third kappa shape index (κ3) is 4.46. The van der Waals surface area contributed by atoms with Crippen molar-refractivity contribution in [1.82, 2.24) is 0 Å². The van der Waals surface area contributed by atoms with E-state index in [-0.39, 0.29) is 23.2 Å². The van der Waals surface area contributed by atoms with E-state index in [0.29, 0.717) is 11.4 Å². The summed E-state index contributed by atoms with van der Waals surface area (Å²) in [4.78, 5) is 18.7. The Hall–Kier alpha value is -3.55. The lowest BCUT2D eigenvalue weighted by Gasteiger charge is -2.08. The molecule has 118 valence electrons. The van der Waals surface area contributed by atoms with Crippen LogP contribution in [0.2, 0.25) is 0 Å². The molecule has 23 heavy (non-hydrogen) atoms. The number of aromatic carboxylic acids is 1. The predicted molar refractivity (Wildman–Crippen MR) is 87.0 cm³/mol. The lowest BCUT2D eigenvalue weighted by atomic mass is 10.2. The first-order valence-electron chi connectivity index (χ1n) is 6.50. The van der Waals surface area contributed by atoms with Gasteiger partial charge in [0, 0.05) is 0 Å². The second-order valence-corrected chi connectivity index (χ2v) is 4.40. The van der Waals surface area contributed by atoms with Gasteiger partial charge in [-0.3, -0.25) is 0 Å². The minimum absolute atomic E-state index is 0.0742. The number of aliphatic imine (C=N–C) groups is 2. The third-order valence-electron chi connectivity index (χ3n) is 2.67. The van der Waals surface area contributed by atoms with Crippen molar-refractivity contribution >= 4 is 23.6 Å². The van der Waals surface area contributed by atoms with Gasteiger partial charge in [-0.2, -0.15) is 4.99 Å². The van der Waals surface area contributed by atoms with E-state index in [4.69, 9.17) is 27.0 Å². The van der Waals surface area contributed by atoms with E-state index in [1.807, 2.05) is 0 Å². The highest BCUT2D eigenvalue weighted by Crippen LogP contribution is 2.26. The molecule has 0 saturated carbocycles. The lowest BCUT2D eigenvalue weighted by Crippen LogP contribution is -2.26.